The molecule has 0 rings (SSSR count). The van der Waals surface area contributed by atoms with Gasteiger partial charge in [-0.2, -0.15) is 43.5 Å². The Morgan fingerprint density at radius 3 is 1.87 bits per heavy atom. The average molecular weight is 481 g/mol. The maximum atomic E-state index is 13.5. The number of nitrogens with one attached hydrogen (secondary N) is 1. The Balaban J connectivity index is 6.12. The number of ether oxygens (including phenoxy) is 2. The summed E-state index contributed by atoms with van der Waals surface area (Å²) in [6.45, 7) is 2.34. The van der Waals surface area contributed by atoms with Crippen molar-refractivity contribution in [3.05, 3.63) is 12.2 Å². The minimum atomic E-state index is -6.12. The van der Waals surface area contributed by atoms with E-state index in [-0.39, 0.29) is 0 Å². The van der Waals surface area contributed by atoms with Gasteiger partial charge in [0.25, 0.3) is 0 Å². The summed E-state index contributed by atoms with van der Waals surface area (Å²) in [5.41, 5.74) is -2.49. The smallest absolute Gasteiger partial charge is 0.412 e. The third-order valence-corrected chi connectivity index (χ3v) is 3.95. The first-order chi connectivity index (χ1) is 13.1. The standard InChI is InChI=1S/C13H15F8NO7S/c1-6(2)22-9(24)11(13(19,20)21,29-8(23)7(3)12(16,17)18)28-5-4-10(14,15)30(25,26)27/h6H,3-5H2,1-2H3,(H,22,24)(H,25,26,27). The van der Waals surface area contributed by atoms with Crippen LogP contribution in [0, 0.1) is 0 Å². The third kappa shape index (κ3) is 6.76. The molecule has 0 aliphatic heterocycles. The molecule has 0 aromatic carbocycles. The third-order valence-electron chi connectivity index (χ3n) is 2.99. The van der Waals surface area contributed by atoms with Crippen LogP contribution in [0.3, 0.4) is 0 Å². The molecule has 0 saturated heterocycles. The van der Waals surface area contributed by atoms with Gasteiger partial charge in [0.1, 0.15) is 5.57 Å². The number of carbonyl (C=O) groups excluding carboxylic acids is 2. The minimum absolute atomic E-state index is 1.09. The summed E-state index contributed by atoms with van der Waals surface area (Å²) in [6, 6.07) is -1.13. The predicted molar refractivity (Wildman–Crippen MR) is 80.4 cm³/mol. The zero-order chi connectivity index (χ0) is 24.3. The number of hydrogen-bond donors (Lipinski definition) is 2. The van der Waals surface area contributed by atoms with E-state index in [4.69, 9.17) is 4.55 Å². The summed E-state index contributed by atoms with van der Waals surface area (Å²) in [4.78, 5) is 23.5. The highest BCUT2D eigenvalue weighted by atomic mass is 32.2. The molecular weight excluding hydrogens is 466 g/mol. The Bertz CT molecular complexity index is 775. The predicted octanol–water partition coefficient (Wildman–Crippen LogP) is 2.32. The summed E-state index contributed by atoms with van der Waals surface area (Å²) in [6.07, 6.45) is -13.9. The number of esters is 1. The molecule has 1 atom stereocenters. The zero-order valence-electron chi connectivity index (χ0n) is 15.0. The van der Waals surface area contributed by atoms with Gasteiger partial charge in [0.15, 0.2) is 0 Å². The monoisotopic (exact) mass is 481 g/mol. The molecule has 0 aliphatic carbocycles. The topological polar surface area (TPSA) is 119 Å². The van der Waals surface area contributed by atoms with E-state index >= 15 is 0 Å². The maximum absolute atomic E-state index is 13.5. The van der Waals surface area contributed by atoms with Gasteiger partial charge in [-0.1, -0.05) is 6.58 Å². The lowest BCUT2D eigenvalue weighted by Crippen LogP contribution is -2.62. The minimum Gasteiger partial charge on any atom is -0.412 e. The first kappa shape index (κ1) is 28.0. The van der Waals surface area contributed by atoms with Gasteiger partial charge >= 0.3 is 45.4 Å². The van der Waals surface area contributed by atoms with Gasteiger partial charge in [-0.3, -0.25) is 9.35 Å². The van der Waals surface area contributed by atoms with Crippen molar-refractivity contribution in [3.63, 3.8) is 0 Å². The van der Waals surface area contributed by atoms with Crippen LogP contribution in [0.25, 0.3) is 0 Å². The van der Waals surface area contributed by atoms with Gasteiger partial charge < -0.3 is 14.8 Å². The normalized spacial score (nSPS) is 15.5. The molecule has 0 radical (unpaired) electrons. The van der Waals surface area contributed by atoms with Crippen LogP contribution in [-0.2, 0) is 29.2 Å². The molecule has 0 heterocycles. The quantitative estimate of drug-likeness (QED) is 0.171. The van der Waals surface area contributed by atoms with Crippen LogP contribution in [0.1, 0.15) is 20.3 Å². The molecule has 30 heavy (non-hydrogen) atoms. The number of amides is 1. The highest BCUT2D eigenvalue weighted by Crippen LogP contribution is 2.38. The molecule has 17 heteroatoms. The fraction of sp³-hybridized carbons (Fsp3) is 0.692. The van der Waals surface area contributed by atoms with Crippen LogP contribution in [0.5, 0.6) is 0 Å². The second kappa shape index (κ2) is 9.01. The summed E-state index contributed by atoms with van der Waals surface area (Å²) < 4.78 is 141. The lowest BCUT2D eigenvalue weighted by molar-refractivity contribution is -0.348. The van der Waals surface area contributed by atoms with E-state index < -0.39 is 70.0 Å². The van der Waals surface area contributed by atoms with Crippen molar-refractivity contribution in [2.75, 3.05) is 6.61 Å². The number of halogens is 8. The average Bonchev–Trinajstić information content (AvgIpc) is 2.48. The Hall–Kier alpha value is -2.01. The summed E-state index contributed by atoms with van der Waals surface area (Å²) >= 11 is 0. The molecule has 1 amide bonds. The Labute approximate surface area is 163 Å². The van der Waals surface area contributed by atoms with Gasteiger partial charge in [-0.15, -0.1) is 0 Å². The van der Waals surface area contributed by atoms with Crippen LogP contribution in [-0.4, -0.2) is 60.9 Å². The molecule has 0 aliphatic rings. The molecule has 0 aromatic rings. The van der Waals surface area contributed by atoms with Crippen LogP contribution >= 0.6 is 0 Å². The first-order valence-electron chi connectivity index (χ1n) is 7.44. The zero-order valence-corrected chi connectivity index (χ0v) is 15.8. The van der Waals surface area contributed by atoms with Crippen LogP contribution in [0.15, 0.2) is 12.2 Å². The number of alkyl halides is 8. The molecule has 2 N–H and O–H groups in total. The number of carbonyl (C=O) groups is 2. The van der Waals surface area contributed by atoms with Crippen molar-refractivity contribution in [1.29, 1.82) is 0 Å². The summed E-state index contributed by atoms with van der Waals surface area (Å²) in [5, 5.41) is -3.53. The van der Waals surface area contributed by atoms with E-state index in [0.717, 1.165) is 13.8 Å². The molecule has 0 fully saturated rings. The van der Waals surface area contributed by atoms with Crippen molar-refractivity contribution in [2.24, 2.45) is 0 Å². The largest absolute Gasteiger partial charge is 0.466 e. The lowest BCUT2D eigenvalue weighted by Gasteiger charge is -2.34. The van der Waals surface area contributed by atoms with E-state index in [2.05, 4.69) is 16.1 Å². The van der Waals surface area contributed by atoms with Crippen LogP contribution < -0.4 is 5.32 Å². The molecule has 1 unspecified atom stereocenters. The van der Waals surface area contributed by atoms with Gasteiger partial charge in [-0.05, 0) is 13.8 Å². The highest BCUT2D eigenvalue weighted by Gasteiger charge is 2.67. The Morgan fingerprint density at radius 1 is 1.07 bits per heavy atom. The first-order valence-corrected chi connectivity index (χ1v) is 8.88. The molecule has 0 aromatic heterocycles. The van der Waals surface area contributed by atoms with Crippen molar-refractivity contribution >= 4 is 22.0 Å². The van der Waals surface area contributed by atoms with E-state index in [9.17, 15) is 53.1 Å². The van der Waals surface area contributed by atoms with Crippen molar-refractivity contribution < 1.29 is 67.2 Å². The van der Waals surface area contributed by atoms with E-state index in [1.165, 1.54) is 5.32 Å². The van der Waals surface area contributed by atoms with Crippen molar-refractivity contribution in [1.82, 2.24) is 5.32 Å². The molecule has 8 nitrogen and oxygen atoms in total. The number of rotatable bonds is 9. The van der Waals surface area contributed by atoms with Gasteiger partial charge in [0, 0.05) is 6.04 Å². The van der Waals surface area contributed by atoms with Crippen LogP contribution in [0.2, 0.25) is 0 Å². The van der Waals surface area contributed by atoms with Gasteiger partial charge in [0.05, 0.1) is 13.0 Å². The maximum Gasteiger partial charge on any atom is 0.466 e. The van der Waals surface area contributed by atoms with E-state index in [1.54, 1.807) is 0 Å². The van der Waals surface area contributed by atoms with Crippen LogP contribution in [0.4, 0.5) is 35.1 Å². The SMILES string of the molecule is C=C(C(=O)OC(OCCC(F)(F)S(=O)(=O)O)(C(=O)NC(C)C)C(F)(F)F)C(F)(F)F. The summed E-state index contributed by atoms with van der Waals surface area (Å²) in [7, 11) is -6.12. The summed E-state index contributed by atoms with van der Waals surface area (Å²) in [5.74, 6) is -10.1. The van der Waals surface area contributed by atoms with Crippen molar-refractivity contribution in [2.45, 2.75) is 49.7 Å². The molecule has 0 bridgehead atoms. The lowest BCUT2D eigenvalue weighted by atomic mass is 10.2. The van der Waals surface area contributed by atoms with E-state index in [0.29, 0.717) is 0 Å². The highest BCUT2D eigenvalue weighted by molar-refractivity contribution is 7.86. The fourth-order valence-corrected chi connectivity index (χ4v) is 1.86. The van der Waals surface area contributed by atoms with Gasteiger partial charge in [-0.25, -0.2) is 4.79 Å². The Kier molecular flexibility index (Phi) is 8.40. The number of hydrogen-bond acceptors (Lipinski definition) is 6. The molecular formula is C13H15F8NO7S. The molecule has 0 spiro atoms. The second-order valence-electron chi connectivity index (χ2n) is 5.82. The molecule has 176 valence electrons. The van der Waals surface area contributed by atoms with Crippen molar-refractivity contribution in [3.8, 4) is 0 Å². The second-order valence-corrected chi connectivity index (χ2v) is 7.37. The van der Waals surface area contributed by atoms with E-state index in [1.807, 2.05) is 0 Å². The fourth-order valence-electron chi connectivity index (χ4n) is 1.52. The molecule has 0 saturated carbocycles. The van der Waals surface area contributed by atoms with Gasteiger partial charge in [0.2, 0.25) is 0 Å². The Morgan fingerprint density at radius 2 is 1.53 bits per heavy atom.